The van der Waals surface area contributed by atoms with Crippen molar-refractivity contribution in [2.75, 3.05) is 32.8 Å². The molecule has 2 amide bonds. The van der Waals surface area contributed by atoms with Crippen LogP contribution in [0.15, 0.2) is 18.5 Å². The summed E-state index contributed by atoms with van der Waals surface area (Å²) in [5.41, 5.74) is 1.67. The molecule has 0 unspecified atom stereocenters. The van der Waals surface area contributed by atoms with Crippen LogP contribution >= 0.6 is 0 Å². The van der Waals surface area contributed by atoms with Crippen LogP contribution in [0.3, 0.4) is 0 Å². The number of aryl methyl sites for hydroxylation is 1. The summed E-state index contributed by atoms with van der Waals surface area (Å²) < 4.78 is 7.11. The molecule has 0 bridgehead atoms. The lowest BCUT2D eigenvalue weighted by Gasteiger charge is -2.30. The van der Waals surface area contributed by atoms with Gasteiger partial charge >= 0.3 is 0 Å². The summed E-state index contributed by atoms with van der Waals surface area (Å²) in [6.45, 7) is 8.58. The highest BCUT2D eigenvalue weighted by Crippen LogP contribution is 2.34. The standard InChI is InChI=1S/C21H28N6O3/c1-14(2)27-18(6-7-23-27)21(29)26-8-4-5-17(26)19-16(13-22-15(3)24-19)20(28)25-9-11-30-12-10-25/h6-7,13-14,17H,4-5,8-12H2,1-3H3/t17-/m1/s1. The molecule has 0 saturated carbocycles. The second kappa shape index (κ2) is 8.51. The fourth-order valence-electron chi connectivity index (χ4n) is 4.18. The summed E-state index contributed by atoms with van der Waals surface area (Å²) in [7, 11) is 0. The Labute approximate surface area is 176 Å². The van der Waals surface area contributed by atoms with Gasteiger partial charge in [0.15, 0.2) is 0 Å². The summed E-state index contributed by atoms with van der Waals surface area (Å²) >= 11 is 0. The predicted octanol–water partition coefficient (Wildman–Crippen LogP) is 2.01. The fraction of sp³-hybridized carbons (Fsp3) is 0.571. The van der Waals surface area contributed by atoms with Crippen molar-refractivity contribution in [3.8, 4) is 0 Å². The molecule has 1 atom stereocenters. The van der Waals surface area contributed by atoms with E-state index in [1.165, 1.54) is 0 Å². The smallest absolute Gasteiger partial charge is 0.272 e. The minimum absolute atomic E-state index is 0.0789. The lowest BCUT2D eigenvalue weighted by Crippen LogP contribution is -2.42. The van der Waals surface area contributed by atoms with Crippen molar-refractivity contribution in [2.45, 2.75) is 45.7 Å². The average Bonchev–Trinajstić information content (AvgIpc) is 3.43. The molecule has 2 aliphatic rings. The molecule has 9 heteroatoms. The Morgan fingerprint density at radius 2 is 1.93 bits per heavy atom. The molecule has 0 radical (unpaired) electrons. The Bertz CT molecular complexity index is 935. The molecular weight excluding hydrogens is 384 g/mol. The summed E-state index contributed by atoms with van der Waals surface area (Å²) in [6, 6.07) is 1.58. The van der Waals surface area contributed by atoms with Gasteiger partial charge in [0.05, 0.1) is 30.5 Å². The number of hydrogen-bond acceptors (Lipinski definition) is 6. The lowest BCUT2D eigenvalue weighted by molar-refractivity contribution is 0.0299. The number of rotatable bonds is 4. The van der Waals surface area contributed by atoms with Gasteiger partial charge in [-0.05, 0) is 39.7 Å². The van der Waals surface area contributed by atoms with Crippen LogP contribution in [0.5, 0.6) is 0 Å². The van der Waals surface area contributed by atoms with Gasteiger partial charge in [-0.3, -0.25) is 14.3 Å². The first kappa shape index (κ1) is 20.5. The van der Waals surface area contributed by atoms with E-state index in [9.17, 15) is 9.59 Å². The third-order valence-electron chi connectivity index (χ3n) is 5.68. The zero-order valence-electron chi connectivity index (χ0n) is 17.7. The number of nitrogens with zero attached hydrogens (tertiary/aromatic N) is 6. The van der Waals surface area contributed by atoms with Gasteiger partial charge in [0.1, 0.15) is 11.5 Å². The molecule has 4 heterocycles. The first-order valence-electron chi connectivity index (χ1n) is 10.5. The number of morpholine rings is 1. The van der Waals surface area contributed by atoms with E-state index in [2.05, 4.69) is 15.1 Å². The molecule has 2 aromatic rings. The quantitative estimate of drug-likeness (QED) is 0.763. The summed E-state index contributed by atoms with van der Waals surface area (Å²) in [6.07, 6.45) is 4.89. The molecule has 0 spiro atoms. The summed E-state index contributed by atoms with van der Waals surface area (Å²) in [5.74, 6) is 0.416. The van der Waals surface area contributed by atoms with E-state index >= 15 is 0 Å². The third kappa shape index (κ3) is 3.81. The Hall–Kier alpha value is -2.81. The van der Waals surface area contributed by atoms with E-state index in [0.717, 1.165) is 12.8 Å². The normalized spacial score (nSPS) is 19.5. The molecule has 2 saturated heterocycles. The highest BCUT2D eigenvalue weighted by Gasteiger charge is 2.36. The van der Waals surface area contributed by atoms with Gasteiger partial charge in [-0.25, -0.2) is 9.97 Å². The van der Waals surface area contributed by atoms with Crippen LogP contribution in [0, 0.1) is 6.92 Å². The highest BCUT2D eigenvalue weighted by molar-refractivity contribution is 5.96. The van der Waals surface area contributed by atoms with Crippen molar-refractivity contribution in [1.29, 1.82) is 0 Å². The second-order valence-electron chi connectivity index (χ2n) is 8.03. The minimum atomic E-state index is -0.255. The number of carbonyl (C=O) groups is 2. The number of ether oxygens (including phenoxy) is 1. The number of likely N-dealkylation sites (tertiary alicyclic amines) is 1. The van der Waals surface area contributed by atoms with E-state index in [1.54, 1.807) is 35.0 Å². The Morgan fingerprint density at radius 1 is 1.17 bits per heavy atom. The first-order valence-corrected chi connectivity index (χ1v) is 10.5. The molecule has 160 valence electrons. The number of hydrogen-bond donors (Lipinski definition) is 0. The van der Waals surface area contributed by atoms with Crippen LogP contribution in [-0.4, -0.2) is 74.2 Å². The SMILES string of the molecule is Cc1ncc(C(=O)N2CCOCC2)c([C@H]2CCCN2C(=O)c2ccnn2C(C)C)n1. The van der Waals surface area contributed by atoms with Crippen LogP contribution in [-0.2, 0) is 4.74 Å². The van der Waals surface area contributed by atoms with Crippen molar-refractivity contribution in [1.82, 2.24) is 29.5 Å². The number of amides is 2. The van der Waals surface area contributed by atoms with Crippen LogP contribution < -0.4 is 0 Å². The zero-order chi connectivity index (χ0) is 21.3. The van der Waals surface area contributed by atoms with Gasteiger partial charge in [-0.1, -0.05) is 0 Å². The predicted molar refractivity (Wildman–Crippen MR) is 109 cm³/mol. The van der Waals surface area contributed by atoms with Gasteiger partial charge in [-0.15, -0.1) is 0 Å². The number of aromatic nitrogens is 4. The maximum absolute atomic E-state index is 13.4. The maximum Gasteiger partial charge on any atom is 0.272 e. The third-order valence-corrected chi connectivity index (χ3v) is 5.68. The first-order chi connectivity index (χ1) is 14.5. The molecule has 0 N–H and O–H groups in total. The molecule has 2 aromatic heterocycles. The molecule has 30 heavy (non-hydrogen) atoms. The molecule has 0 aliphatic carbocycles. The summed E-state index contributed by atoms with van der Waals surface area (Å²) in [4.78, 5) is 39.1. The van der Waals surface area contributed by atoms with E-state index in [1.807, 2.05) is 18.7 Å². The van der Waals surface area contributed by atoms with Crippen molar-refractivity contribution >= 4 is 11.8 Å². The topological polar surface area (TPSA) is 93.5 Å². The molecule has 9 nitrogen and oxygen atoms in total. The maximum atomic E-state index is 13.4. The largest absolute Gasteiger partial charge is 0.378 e. The van der Waals surface area contributed by atoms with E-state index in [4.69, 9.17) is 4.74 Å². The Kier molecular flexibility index (Phi) is 5.80. The molecule has 4 rings (SSSR count). The van der Waals surface area contributed by atoms with Gasteiger partial charge in [0.25, 0.3) is 11.8 Å². The fourth-order valence-corrected chi connectivity index (χ4v) is 4.18. The van der Waals surface area contributed by atoms with Crippen LogP contribution in [0.25, 0.3) is 0 Å². The monoisotopic (exact) mass is 412 g/mol. The highest BCUT2D eigenvalue weighted by atomic mass is 16.5. The van der Waals surface area contributed by atoms with Crippen LogP contribution in [0.1, 0.15) is 71.1 Å². The Morgan fingerprint density at radius 3 is 2.67 bits per heavy atom. The van der Waals surface area contributed by atoms with Gasteiger partial charge in [-0.2, -0.15) is 5.10 Å². The van der Waals surface area contributed by atoms with Gasteiger partial charge < -0.3 is 14.5 Å². The van der Waals surface area contributed by atoms with Crippen LogP contribution in [0.4, 0.5) is 0 Å². The summed E-state index contributed by atoms with van der Waals surface area (Å²) in [5, 5.41) is 4.30. The molecule has 2 fully saturated rings. The zero-order valence-corrected chi connectivity index (χ0v) is 17.7. The van der Waals surface area contributed by atoms with Crippen molar-refractivity contribution in [2.24, 2.45) is 0 Å². The van der Waals surface area contributed by atoms with Crippen LogP contribution in [0.2, 0.25) is 0 Å². The van der Waals surface area contributed by atoms with E-state index < -0.39 is 0 Å². The van der Waals surface area contributed by atoms with Crippen molar-refractivity contribution < 1.29 is 14.3 Å². The van der Waals surface area contributed by atoms with Gasteiger partial charge in [0, 0.05) is 38.1 Å². The Balaban J connectivity index is 1.67. The second-order valence-corrected chi connectivity index (χ2v) is 8.03. The van der Waals surface area contributed by atoms with E-state index in [-0.39, 0.29) is 23.9 Å². The molecule has 0 aromatic carbocycles. The van der Waals surface area contributed by atoms with Crippen molar-refractivity contribution in [3.63, 3.8) is 0 Å². The van der Waals surface area contributed by atoms with E-state index in [0.29, 0.717) is 55.6 Å². The van der Waals surface area contributed by atoms with Gasteiger partial charge in [0.2, 0.25) is 0 Å². The van der Waals surface area contributed by atoms with Crippen molar-refractivity contribution in [3.05, 3.63) is 41.2 Å². The average molecular weight is 412 g/mol. The molecule has 2 aliphatic heterocycles. The lowest BCUT2D eigenvalue weighted by atomic mass is 10.0. The molecular formula is C21H28N6O3. The minimum Gasteiger partial charge on any atom is -0.378 e. The number of carbonyl (C=O) groups excluding carboxylic acids is 2.